The first-order chi connectivity index (χ1) is 18.8. The number of anilines is 2. The van der Waals surface area contributed by atoms with Gasteiger partial charge >= 0.3 is 0 Å². The third-order valence-electron chi connectivity index (χ3n) is 6.89. The lowest BCUT2D eigenvalue weighted by atomic mass is 10.1. The number of epoxide rings is 2. The Balaban J connectivity index is 1.38. The molecular weight excluding hydrogens is 500 g/mol. The predicted octanol–water partition coefficient (Wildman–Crippen LogP) is 2.77. The third kappa shape index (κ3) is 5.71. The molecule has 0 N–H and O–H groups in total. The normalized spacial score (nSPS) is 20.6. The van der Waals surface area contributed by atoms with E-state index >= 15 is 0 Å². The average molecular weight is 533 g/mol. The van der Waals surface area contributed by atoms with Crippen molar-refractivity contribution in [2.45, 2.75) is 25.6 Å². The van der Waals surface area contributed by atoms with Crippen LogP contribution in [0, 0.1) is 0 Å². The highest BCUT2D eigenvalue weighted by Gasteiger charge is 2.35. The number of Topliss-reactive ketones (excluding diaryl/α,β-unsaturated/α-hetero) is 2. The van der Waals surface area contributed by atoms with Crippen molar-refractivity contribution < 1.29 is 28.6 Å². The van der Waals surface area contributed by atoms with Crippen LogP contribution in [0.15, 0.2) is 53.1 Å². The van der Waals surface area contributed by atoms with Crippen LogP contribution in [0.5, 0.6) is 5.75 Å². The Bertz CT molecular complexity index is 1340. The summed E-state index contributed by atoms with van der Waals surface area (Å²) in [5.74, 6) is 0.886. The number of hydrazone groups is 1. The van der Waals surface area contributed by atoms with Gasteiger partial charge in [0.1, 0.15) is 18.0 Å². The van der Waals surface area contributed by atoms with Crippen molar-refractivity contribution in [2.75, 3.05) is 57.4 Å². The van der Waals surface area contributed by atoms with Crippen LogP contribution in [-0.2, 0) is 19.1 Å². The largest absolute Gasteiger partial charge is 0.496 e. The molecule has 2 aromatic rings. The summed E-state index contributed by atoms with van der Waals surface area (Å²) >= 11 is 0. The predicted molar refractivity (Wildman–Crippen MR) is 147 cm³/mol. The van der Waals surface area contributed by atoms with Crippen molar-refractivity contribution in [3.8, 4) is 5.75 Å². The highest BCUT2D eigenvalue weighted by molar-refractivity contribution is 6.32. The van der Waals surface area contributed by atoms with Crippen LogP contribution in [0.1, 0.15) is 29.3 Å². The third-order valence-corrected chi connectivity index (χ3v) is 6.89. The van der Waals surface area contributed by atoms with Gasteiger partial charge in [0, 0.05) is 56.5 Å². The molecule has 3 heterocycles. The second-order valence-corrected chi connectivity index (χ2v) is 9.77. The first kappa shape index (κ1) is 26.6. The second kappa shape index (κ2) is 11.0. The number of rotatable bonds is 11. The molecule has 1 amide bonds. The van der Waals surface area contributed by atoms with Gasteiger partial charge in [-0.1, -0.05) is 0 Å². The minimum atomic E-state index is -0.359. The van der Waals surface area contributed by atoms with Crippen molar-refractivity contribution in [1.29, 1.82) is 0 Å². The molecule has 0 aromatic heterocycles. The van der Waals surface area contributed by atoms with Gasteiger partial charge in [0.2, 0.25) is 0 Å². The lowest BCUT2D eigenvalue weighted by Crippen LogP contribution is -2.27. The zero-order valence-corrected chi connectivity index (χ0v) is 22.5. The van der Waals surface area contributed by atoms with Crippen LogP contribution in [0.25, 0.3) is 6.08 Å². The van der Waals surface area contributed by atoms with Crippen LogP contribution >= 0.6 is 0 Å². The smallest absolute Gasteiger partial charge is 0.282 e. The van der Waals surface area contributed by atoms with Gasteiger partial charge in [-0.3, -0.25) is 14.4 Å². The van der Waals surface area contributed by atoms with Gasteiger partial charge in [-0.15, -0.1) is 5.10 Å². The number of amidine groups is 1. The molecule has 0 radical (unpaired) electrons. The Labute approximate surface area is 227 Å². The zero-order chi connectivity index (χ0) is 27.7. The van der Waals surface area contributed by atoms with Crippen LogP contribution in [0.4, 0.5) is 11.4 Å². The van der Waals surface area contributed by atoms with E-state index in [9.17, 15) is 14.4 Å². The summed E-state index contributed by atoms with van der Waals surface area (Å²) in [6.45, 7) is 4.32. The van der Waals surface area contributed by atoms with Crippen molar-refractivity contribution in [3.05, 3.63) is 59.2 Å². The molecule has 0 spiro atoms. The molecule has 3 aliphatic heterocycles. The first-order valence-corrected chi connectivity index (χ1v) is 13.0. The Kier molecular flexibility index (Phi) is 7.49. The van der Waals surface area contributed by atoms with E-state index in [4.69, 9.17) is 14.2 Å². The molecule has 10 heteroatoms. The molecule has 204 valence electrons. The lowest BCUT2D eigenvalue weighted by molar-refractivity contribution is -0.120. The van der Waals surface area contributed by atoms with Crippen LogP contribution in [-0.4, -0.2) is 87.9 Å². The van der Waals surface area contributed by atoms with Gasteiger partial charge in [-0.05, 0) is 49.4 Å². The number of likely N-dealkylation sites (N-methyl/N-ethyl adjacent to an activating group) is 1. The van der Waals surface area contributed by atoms with Crippen molar-refractivity contribution >= 4 is 40.8 Å². The number of carbonyl (C=O) groups is 3. The van der Waals surface area contributed by atoms with E-state index in [2.05, 4.69) is 10.0 Å². The Morgan fingerprint density at radius 3 is 2.38 bits per heavy atom. The van der Waals surface area contributed by atoms with E-state index in [1.54, 1.807) is 42.4 Å². The number of amides is 1. The van der Waals surface area contributed by atoms with Gasteiger partial charge in [-0.2, -0.15) is 5.01 Å². The minimum Gasteiger partial charge on any atom is -0.496 e. The summed E-state index contributed by atoms with van der Waals surface area (Å²) in [5, 5.41) is 5.91. The van der Waals surface area contributed by atoms with Crippen LogP contribution in [0.3, 0.4) is 0 Å². The zero-order valence-electron chi connectivity index (χ0n) is 22.5. The fourth-order valence-corrected chi connectivity index (χ4v) is 4.47. The van der Waals surface area contributed by atoms with Crippen LogP contribution in [0.2, 0.25) is 0 Å². The lowest BCUT2D eigenvalue weighted by Gasteiger charge is -2.23. The average Bonchev–Trinajstić information content (AvgIpc) is 3.87. The van der Waals surface area contributed by atoms with E-state index in [1.165, 1.54) is 5.01 Å². The SMILES string of the molecule is CCN(CCC(=O)C1CO1)c1ccc(/C=C2\C(=O)N(c3ccc(C(=O)C4CO4)cc3)N=C2N(C)C)c(OC)c1. The molecule has 0 aliphatic carbocycles. The van der Waals surface area contributed by atoms with E-state index in [0.29, 0.717) is 54.6 Å². The number of hydrogen-bond acceptors (Lipinski definition) is 9. The maximum absolute atomic E-state index is 13.5. The summed E-state index contributed by atoms with van der Waals surface area (Å²) < 4.78 is 15.9. The molecule has 5 rings (SSSR count). The number of ether oxygens (including phenoxy) is 3. The summed E-state index contributed by atoms with van der Waals surface area (Å²) in [4.78, 5) is 41.8. The second-order valence-electron chi connectivity index (χ2n) is 9.77. The summed E-state index contributed by atoms with van der Waals surface area (Å²) in [7, 11) is 5.24. The first-order valence-electron chi connectivity index (χ1n) is 13.0. The van der Waals surface area contributed by atoms with E-state index in [0.717, 1.165) is 17.8 Å². The van der Waals surface area contributed by atoms with Crippen molar-refractivity contribution in [3.63, 3.8) is 0 Å². The minimum absolute atomic E-state index is 0.0620. The maximum Gasteiger partial charge on any atom is 0.282 e. The van der Waals surface area contributed by atoms with Crippen molar-refractivity contribution in [1.82, 2.24) is 4.90 Å². The van der Waals surface area contributed by atoms with Gasteiger partial charge in [0.15, 0.2) is 17.4 Å². The Morgan fingerprint density at radius 2 is 1.79 bits per heavy atom. The Morgan fingerprint density at radius 1 is 1.10 bits per heavy atom. The molecular formula is C29H32N4O6. The highest BCUT2D eigenvalue weighted by Crippen LogP contribution is 2.31. The topological polar surface area (TPSA) is 108 Å². The fraction of sp³-hybridized carbons (Fsp3) is 0.379. The summed E-state index contributed by atoms with van der Waals surface area (Å²) in [6.07, 6.45) is 1.60. The number of methoxy groups -OCH3 is 1. The maximum atomic E-state index is 13.5. The molecule has 0 bridgehead atoms. The summed E-state index contributed by atoms with van der Waals surface area (Å²) in [5.41, 5.74) is 3.16. The quantitative estimate of drug-likeness (QED) is 0.247. The van der Waals surface area contributed by atoms with E-state index in [-0.39, 0.29) is 29.7 Å². The molecule has 2 saturated heterocycles. The number of nitrogens with zero attached hydrogens (tertiary/aromatic N) is 4. The molecule has 39 heavy (non-hydrogen) atoms. The standard InChI is InChI=1S/C29H32N4O6/c1-5-32(13-12-23(34)25-16-38-25)21-11-8-19(24(15-21)37-4)14-22-28(31(2)3)30-33(29(22)36)20-9-6-18(7-10-20)27(35)26-17-39-26/h6-11,14-15,25-26H,5,12-13,16-17H2,1-4H3/b22-14-. The van der Waals surface area contributed by atoms with Gasteiger partial charge < -0.3 is 24.0 Å². The monoisotopic (exact) mass is 532 g/mol. The molecule has 2 unspecified atom stereocenters. The van der Waals surface area contributed by atoms with Crippen molar-refractivity contribution in [2.24, 2.45) is 5.10 Å². The highest BCUT2D eigenvalue weighted by atomic mass is 16.6. The van der Waals surface area contributed by atoms with Gasteiger partial charge in [0.25, 0.3) is 5.91 Å². The van der Waals surface area contributed by atoms with E-state index < -0.39 is 0 Å². The molecule has 0 saturated carbocycles. The molecule has 10 nitrogen and oxygen atoms in total. The van der Waals surface area contributed by atoms with E-state index in [1.807, 2.05) is 39.2 Å². The summed E-state index contributed by atoms with van der Waals surface area (Å²) in [6, 6.07) is 12.6. The number of benzene rings is 2. The molecule has 3 aliphatic rings. The number of carbonyl (C=O) groups excluding carboxylic acids is 3. The molecule has 2 atom stereocenters. The van der Waals surface area contributed by atoms with Crippen LogP contribution < -0.4 is 14.6 Å². The molecule has 2 aromatic carbocycles. The fourth-order valence-electron chi connectivity index (χ4n) is 4.47. The number of ketones is 2. The Hall–Kier alpha value is -4.02. The van der Waals surface area contributed by atoms with Gasteiger partial charge in [0.05, 0.1) is 31.6 Å². The number of hydrogen-bond donors (Lipinski definition) is 0. The molecule has 2 fully saturated rings. The van der Waals surface area contributed by atoms with Gasteiger partial charge in [-0.25, -0.2) is 0 Å².